The molecular formula is C18H31O8P. The zero-order valence-corrected chi connectivity index (χ0v) is 16.7. The highest BCUT2D eigenvalue weighted by Gasteiger charge is 2.19. The van der Waals surface area contributed by atoms with E-state index in [4.69, 9.17) is 18.5 Å². The molecule has 9 heteroatoms. The molecule has 0 aromatic heterocycles. The third kappa shape index (κ3) is 17.7. The lowest BCUT2D eigenvalue weighted by Crippen LogP contribution is -2.02. The molecule has 0 saturated carbocycles. The van der Waals surface area contributed by atoms with Gasteiger partial charge in [0.25, 0.3) is 0 Å². The summed E-state index contributed by atoms with van der Waals surface area (Å²) in [6.07, 6.45) is 8.16. The van der Waals surface area contributed by atoms with Crippen LogP contribution in [-0.4, -0.2) is 43.3 Å². The Hall–Kier alpha value is -1.47. The molecule has 0 amide bonds. The van der Waals surface area contributed by atoms with Crippen molar-refractivity contribution >= 4 is 19.8 Å². The normalized spacial score (nSPS) is 11.0. The average molecular weight is 406 g/mol. The third-order valence-electron chi connectivity index (χ3n) is 3.41. The molecule has 0 aromatic carbocycles. The first-order valence-electron chi connectivity index (χ1n) is 9.11. The van der Waals surface area contributed by atoms with Crippen LogP contribution in [0.2, 0.25) is 0 Å². The van der Waals surface area contributed by atoms with Gasteiger partial charge in [-0.25, -0.2) is 14.2 Å². The van der Waals surface area contributed by atoms with Gasteiger partial charge in [-0.1, -0.05) is 26.0 Å². The molecule has 0 bridgehead atoms. The molecule has 8 nitrogen and oxygen atoms in total. The van der Waals surface area contributed by atoms with Gasteiger partial charge in [0.05, 0.1) is 26.4 Å². The van der Waals surface area contributed by atoms with Gasteiger partial charge in [-0.3, -0.25) is 9.05 Å². The highest BCUT2D eigenvalue weighted by atomic mass is 31.2. The standard InChI is InChI=1S/C18H31O8P/c1-3-17(19)23-13-9-5-7-11-15-25-27(21,22)26-16-12-8-6-10-14-24-18(20)4-2/h3-4H,1-2,5-16H2,(H,21,22). The summed E-state index contributed by atoms with van der Waals surface area (Å²) in [7, 11) is -4.01. The summed E-state index contributed by atoms with van der Waals surface area (Å²) in [5, 5.41) is 0. The van der Waals surface area contributed by atoms with E-state index in [1.54, 1.807) is 0 Å². The number of unbranched alkanes of at least 4 members (excludes halogenated alkanes) is 6. The Kier molecular flexibility index (Phi) is 15.8. The maximum atomic E-state index is 11.7. The van der Waals surface area contributed by atoms with Crippen molar-refractivity contribution < 1.29 is 37.6 Å². The lowest BCUT2D eigenvalue weighted by atomic mass is 10.2. The van der Waals surface area contributed by atoms with Gasteiger partial charge >= 0.3 is 19.8 Å². The molecule has 0 heterocycles. The van der Waals surface area contributed by atoms with Crippen molar-refractivity contribution in [1.82, 2.24) is 0 Å². The van der Waals surface area contributed by atoms with Crippen LogP contribution in [0.25, 0.3) is 0 Å². The highest BCUT2D eigenvalue weighted by Crippen LogP contribution is 2.43. The van der Waals surface area contributed by atoms with Crippen LogP contribution in [-0.2, 0) is 32.7 Å². The van der Waals surface area contributed by atoms with E-state index >= 15 is 0 Å². The molecule has 0 fully saturated rings. The Morgan fingerprint density at radius 1 is 0.704 bits per heavy atom. The van der Waals surface area contributed by atoms with Crippen LogP contribution in [0.5, 0.6) is 0 Å². The van der Waals surface area contributed by atoms with Crippen LogP contribution in [0.15, 0.2) is 25.3 Å². The van der Waals surface area contributed by atoms with Crippen molar-refractivity contribution in [2.75, 3.05) is 26.4 Å². The second kappa shape index (κ2) is 16.7. The van der Waals surface area contributed by atoms with Crippen LogP contribution in [0, 0.1) is 0 Å². The number of rotatable bonds is 18. The topological polar surface area (TPSA) is 108 Å². The Morgan fingerprint density at radius 3 is 1.37 bits per heavy atom. The molecular weight excluding hydrogens is 375 g/mol. The fraction of sp³-hybridized carbons (Fsp3) is 0.667. The summed E-state index contributed by atoms with van der Waals surface area (Å²) < 4.78 is 31.1. The maximum Gasteiger partial charge on any atom is 0.472 e. The van der Waals surface area contributed by atoms with Crippen LogP contribution in [0.1, 0.15) is 51.4 Å². The molecule has 1 N–H and O–H groups in total. The maximum absolute atomic E-state index is 11.7. The molecule has 0 aliphatic heterocycles. The van der Waals surface area contributed by atoms with Crippen molar-refractivity contribution in [3.8, 4) is 0 Å². The quantitative estimate of drug-likeness (QED) is 0.159. The van der Waals surface area contributed by atoms with E-state index in [-0.39, 0.29) is 13.2 Å². The van der Waals surface area contributed by atoms with Crippen molar-refractivity contribution in [2.24, 2.45) is 0 Å². The van der Waals surface area contributed by atoms with Gasteiger partial charge in [-0.05, 0) is 38.5 Å². The first-order valence-corrected chi connectivity index (χ1v) is 10.6. The van der Waals surface area contributed by atoms with E-state index in [9.17, 15) is 19.0 Å². The lowest BCUT2D eigenvalue weighted by molar-refractivity contribution is -0.138. The molecule has 0 unspecified atom stereocenters. The molecule has 27 heavy (non-hydrogen) atoms. The summed E-state index contributed by atoms with van der Waals surface area (Å²) in [5.41, 5.74) is 0. The summed E-state index contributed by atoms with van der Waals surface area (Å²) in [6.45, 7) is 7.55. The molecule has 0 aliphatic carbocycles. The second-order valence-corrected chi connectivity index (χ2v) is 7.16. The monoisotopic (exact) mass is 406 g/mol. The number of hydrogen-bond acceptors (Lipinski definition) is 7. The van der Waals surface area contributed by atoms with Gasteiger partial charge < -0.3 is 14.4 Å². The van der Waals surface area contributed by atoms with Gasteiger partial charge in [0, 0.05) is 12.2 Å². The summed E-state index contributed by atoms with van der Waals surface area (Å²) >= 11 is 0. The van der Waals surface area contributed by atoms with Gasteiger partial charge in [0.1, 0.15) is 0 Å². The van der Waals surface area contributed by atoms with Crippen LogP contribution >= 0.6 is 7.82 Å². The molecule has 0 rings (SSSR count). The van der Waals surface area contributed by atoms with E-state index in [0.29, 0.717) is 26.1 Å². The molecule has 0 saturated heterocycles. The largest absolute Gasteiger partial charge is 0.472 e. The number of carbonyl (C=O) groups excluding carboxylic acids is 2. The zero-order chi connectivity index (χ0) is 20.4. The molecule has 0 aromatic rings. The minimum absolute atomic E-state index is 0.134. The minimum atomic E-state index is -4.01. The minimum Gasteiger partial charge on any atom is -0.463 e. The molecule has 0 spiro atoms. The summed E-state index contributed by atoms with van der Waals surface area (Å²) in [6, 6.07) is 0. The number of phosphoric acid groups is 1. The van der Waals surface area contributed by atoms with Crippen molar-refractivity contribution in [1.29, 1.82) is 0 Å². The Bertz CT molecular complexity index is 452. The van der Waals surface area contributed by atoms with Crippen molar-refractivity contribution in [3.63, 3.8) is 0 Å². The number of hydrogen-bond donors (Lipinski definition) is 1. The van der Waals surface area contributed by atoms with E-state index < -0.39 is 19.8 Å². The van der Waals surface area contributed by atoms with E-state index in [1.165, 1.54) is 0 Å². The Labute approximate surface area is 161 Å². The summed E-state index contributed by atoms with van der Waals surface area (Å²) in [4.78, 5) is 31.2. The number of esters is 2. The fourth-order valence-corrected chi connectivity index (χ4v) is 2.77. The smallest absolute Gasteiger partial charge is 0.463 e. The number of ether oxygens (including phenoxy) is 2. The van der Waals surface area contributed by atoms with Crippen molar-refractivity contribution in [2.45, 2.75) is 51.4 Å². The molecule has 156 valence electrons. The number of carbonyl (C=O) groups is 2. The average Bonchev–Trinajstić information content (AvgIpc) is 2.65. The molecule has 0 atom stereocenters. The SMILES string of the molecule is C=CC(=O)OCCCCCCOP(=O)(O)OCCCCCCOC(=O)C=C. The predicted octanol–water partition coefficient (Wildman–Crippen LogP) is 3.70. The van der Waals surface area contributed by atoms with Gasteiger partial charge in [0.15, 0.2) is 0 Å². The fourth-order valence-electron chi connectivity index (χ4n) is 1.98. The van der Waals surface area contributed by atoms with E-state index in [1.807, 2.05) is 0 Å². The van der Waals surface area contributed by atoms with E-state index in [2.05, 4.69) is 13.2 Å². The highest BCUT2D eigenvalue weighted by molar-refractivity contribution is 7.47. The second-order valence-electron chi connectivity index (χ2n) is 5.71. The third-order valence-corrected chi connectivity index (χ3v) is 4.43. The zero-order valence-electron chi connectivity index (χ0n) is 15.8. The Morgan fingerprint density at radius 2 is 1.04 bits per heavy atom. The first kappa shape index (κ1) is 25.5. The first-order chi connectivity index (χ1) is 12.9. The molecule has 0 aliphatic rings. The van der Waals surface area contributed by atoms with Crippen LogP contribution < -0.4 is 0 Å². The van der Waals surface area contributed by atoms with Crippen LogP contribution in [0.4, 0.5) is 0 Å². The number of phosphoric ester groups is 1. The lowest BCUT2D eigenvalue weighted by Gasteiger charge is -2.12. The van der Waals surface area contributed by atoms with Gasteiger partial charge in [-0.15, -0.1) is 0 Å². The van der Waals surface area contributed by atoms with Gasteiger partial charge in [-0.2, -0.15) is 0 Å². The Balaban J connectivity index is 3.46. The van der Waals surface area contributed by atoms with Crippen LogP contribution in [0.3, 0.4) is 0 Å². The molecule has 0 radical (unpaired) electrons. The predicted molar refractivity (Wildman–Crippen MR) is 101 cm³/mol. The van der Waals surface area contributed by atoms with E-state index in [0.717, 1.165) is 50.7 Å². The van der Waals surface area contributed by atoms with Crippen molar-refractivity contribution in [3.05, 3.63) is 25.3 Å². The summed E-state index contributed by atoms with van der Waals surface area (Å²) in [5.74, 6) is -0.874. The van der Waals surface area contributed by atoms with Gasteiger partial charge in [0.2, 0.25) is 0 Å².